The van der Waals surface area contributed by atoms with Gasteiger partial charge in [0, 0.05) is 6.92 Å². The quantitative estimate of drug-likeness (QED) is 0.115. The van der Waals surface area contributed by atoms with Gasteiger partial charge in [0.2, 0.25) is 5.91 Å². The standard InChI is InChI=1S/C20H37N3O14.Mg.2H2O/c1-5(27)23-11-15(31)17(36-19-10(22)13(29)12(28)6(2-24)34-19)8(4-26)35-20(11)37-16-7(3-25)33-18(32)9(21)14(16)30;;;/h6-20,24-26,28-32H,2-4,21-22H2,1H3,(H,23,27);;2*1H2/q;+2;;/p-2. The van der Waals surface area contributed by atoms with Crippen molar-refractivity contribution in [1.29, 1.82) is 0 Å². The number of nitrogens with two attached hydrogens (primary N) is 2. The summed E-state index contributed by atoms with van der Waals surface area (Å²) in [5.41, 5.74) is 11.6. The topological polar surface area (TPSA) is 349 Å². The van der Waals surface area contributed by atoms with Crippen molar-refractivity contribution in [1.82, 2.24) is 5.32 Å². The number of rotatable bonds is 8. The molecule has 3 saturated heterocycles. The molecule has 15 N–H and O–H groups in total. The van der Waals surface area contributed by atoms with Crippen LogP contribution in [0.25, 0.3) is 0 Å². The molecule has 20 heteroatoms. The Kier molecular flexibility index (Phi) is 16.8. The zero-order valence-corrected chi connectivity index (χ0v) is 23.0. The maximum absolute atomic E-state index is 11.9. The van der Waals surface area contributed by atoms with Crippen molar-refractivity contribution in [2.24, 2.45) is 11.5 Å². The number of hydrogen-bond acceptors (Lipinski definition) is 18. The summed E-state index contributed by atoms with van der Waals surface area (Å²) in [5, 5.41) is 83.1. The summed E-state index contributed by atoms with van der Waals surface area (Å²) in [6.45, 7) is -0.992. The Labute approximate surface area is 244 Å². The summed E-state index contributed by atoms with van der Waals surface area (Å²) in [6.07, 6.45) is -17.6. The molecule has 3 fully saturated rings. The Bertz CT molecular complexity index is 759. The van der Waals surface area contributed by atoms with Crippen LogP contribution in [0.3, 0.4) is 0 Å². The van der Waals surface area contributed by atoms with Crippen LogP contribution in [0, 0.1) is 0 Å². The van der Waals surface area contributed by atoms with E-state index in [1.807, 2.05) is 0 Å². The molecule has 0 radical (unpaired) electrons. The van der Waals surface area contributed by atoms with Crippen LogP contribution in [0.5, 0.6) is 0 Å². The molecule has 15 unspecified atom stereocenters. The minimum Gasteiger partial charge on any atom is -0.870 e. The molecule has 0 aliphatic carbocycles. The first-order valence-electron chi connectivity index (χ1n) is 11.7. The molecule has 1 amide bonds. The Hall–Kier alpha value is -0.444. The van der Waals surface area contributed by atoms with Gasteiger partial charge in [0.1, 0.15) is 61.0 Å². The second kappa shape index (κ2) is 17.0. The monoisotopic (exact) mass is 601 g/mol. The van der Waals surface area contributed by atoms with Crippen molar-refractivity contribution in [3.05, 3.63) is 0 Å². The number of carbonyl (C=O) groups excluding carboxylic acids is 1. The molecular formula is C20H39MgN3O16. The number of carbonyl (C=O) groups is 1. The van der Waals surface area contributed by atoms with Crippen molar-refractivity contribution < 1.29 is 80.3 Å². The van der Waals surface area contributed by atoms with Crippen LogP contribution in [0.2, 0.25) is 0 Å². The van der Waals surface area contributed by atoms with E-state index in [-0.39, 0.29) is 34.0 Å². The Morgan fingerprint density at radius 3 is 1.73 bits per heavy atom. The molecule has 0 bridgehead atoms. The normalized spacial score (nSPS) is 45.3. The summed E-state index contributed by atoms with van der Waals surface area (Å²) in [4.78, 5) is 11.9. The van der Waals surface area contributed by atoms with Gasteiger partial charge in [-0.2, -0.15) is 0 Å². The fraction of sp³-hybridized carbons (Fsp3) is 0.950. The summed E-state index contributed by atoms with van der Waals surface area (Å²) in [5.74, 6) is -0.627. The van der Waals surface area contributed by atoms with E-state index in [0.717, 1.165) is 6.92 Å². The second-order valence-corrected chi connectivity index (χ2v) is 9.24. The predicted molar refractivity (Wildman–Crippen MR) is 126 cm³/mol. The van der Waals surface area contributed by atoms with Crippen molar-refractivity contribution in [3.8, 4) is 0 Å². The van der Waals surface area contributed by atoms with Gasteiger partial charge in [-0.1, -0.05) is 0 Å². The first-order chi connectivity index (χ1) is 17.4. The number of aliphatic hydroxyl groups excluding tert-OH is 8. The van der Waals surface area contributed by atoms with Gasteiger partial charge in [-0.15, -0.1) is 0 Å². The number of ether oxygens (including phenoxy) is 5. The smallest absolute Gasteiger partial charge is 0.870 e. The summed E-state index contributed by atoms with van der Waals surface area (Å²) in [6, 6.07) is -4.04. The van der Waals surface area contributed by atoms with E-state index in [4.69, 9.17) is 35.2 Å². The van der Waals surface area contributed by atoms with Crippen LogP contribution in [0.4, 0.5) is 0 Å². The van der Waals surface area contributed by atoms with Gasteiger partial charge in [0.05, 0.1) is 31.9 Å². The molecule has 40 heavy (non-hydrogen) atoms. The zero-order valence-electron chi connectivity index (χ0n) is 21.6. The van der Waals surface area contributed by atoms with Crippen LogP contribution < -0.4 is 16.8 Å². The summed E-state index contributed by atoms with van der Waals surface area (Å²) >= 11 is 0. The molecule has 3 aliphatic heterocycles. The molecule has 0 saturated carbocycles. The number of amides is 1. The Morgan fingerprint density at radius 1 is 0.725 bits per heavy atom. The number of aliphatic hydroxyl groups is 8. The van der Waals surface area contributed by atoms with E-state index in [1.54, 1.807) is 0 Å². The molecular weight excluding hydrogens is 563 g/mol. The van der Waals surface area contributed by atoms with Crippen LogP contribution in [-0.4, -0.2) is 193 Å². The van der Waals surface area contributed by atoms with E-state index < -0.39 is 118 Å². The van der Waals surface area contributed by atoms with Crippen LogP contribution >= 0.6 is 0 Å². The third-order valence-electron chi connectivity index (χ3n) is 6.65. The van der Waals surface area contributed by atoms with E-state index in [0.29, 0.717) is 0 Å². The first kappa shape index (κ1) is 39.6. The fourth-order valence-corrected chi connectivity index (χ4v) is 4.55. The number of hydrogen-bond donors (Lipinski definition) is 11. The molecule has 0 aromatic carbocycles. The molecule has 232 valence electrons. The third kappa shape index (κ3) is 8.34. The number of nitrogens with one attached hydrogen (secondary N) is 1. The van der Waals surface area contributed by atoms with Gasteiger partial charge in [0.25, 0.3) is 0 Å². The summed E-state index contributed by atoms with van der Waals surface area (Å²) in [7, 11) is 0. The predicted octanol–water partition coefficient (Wildman–Crippen LogP) is -8.23. The molecule has 0 aromatic rings. The van der Waals surface area contributed by atoms with Gasteiger partial charge in [0.15, 0.2) is 18.9 Å². The molecule has 19 nitrogen and oxygen atoms in total. The molecule has 0 spiro atoms. The van der Waals surface area contributed by atoms with E-state index >= 15 is 0 Å². The molecule has 3 heterocycles. The third-order valence-corrected chi connectivity index (χ3v) is 6.65. The molecule has 3 rings (SSSR count). The zero-order chi connectivity index (χ0) is 27.6. The van der Waals surface area contributed by atoms with E-state index in [2.05, 4.69) is 5.32 Å². The maximum Gasteiger partial charge on any atom is 2.00 e. The van der Waals surface area contributed by atoms with Crippen LogP contribution in [0.15, 0.2) is 0 Å². The van der Waals surface area contributed by atoms with Crippen molar-refractivity contribution >= 4 is 29.0 Å². The molecule has 0 aromatic heterocycles. The van der Waals surface area contributed by atoms with Gasteiger partial charge in [-0.3, -0.25) is 4.79 Å². The van der Waals surface area contributed by atoms with Gasteiger partial charge >= 0.3 is 23.1 Å². The van der Waals surface area contributed by atoms with Crippen molar-refractivity contribution in [3.63, 3.8) is 0 Å². The van der Waals surface area contributed by atoms with Crippen LogP contribution in [0.1, 0.15) is 6.92 Å². The van der Waals surface area contributed by atoms with Crippen molar-refractivity contribution in [2.45, 2.75) is 98.9 Å². The van der Waals surface area contributed by atoms with Gasteiger partial charge < -0.3 is 92.3 Å². The van der Waals surface area contributed by atoms with E-state index in [9.17, 15) is 45.6 Å². The minimum atomic E-state index is -1.67. The van der Waals surface area contributed by atoms with Crippen molar-refractivity contribution in [2.75, 3.05) is 19.8 Å². The van der Waals surface area contributed by atoms with Gasteiger partial charge in [-0.25, -0.2) is 0 Å². The first-order valence-corrected chi connectivity index (χ1v) is 11.7. The summed E-state index contributed by atoms with van der Waals surface area (Å²) < 4.78 is 27.8. The minimum absolute atomic E-state index is 0. The van der Waals surface area contributed by atoms with Crippen LogP contribution in [-0.2, 0) is 28.5 Å². The largest absolute Gasteiger partial charge is 2.00 e. The van der Waals surface area contributed by atoms with E-state index in [1.165, 1.54) is 0 Å². The maximum atomic E-state index is 11.9. The second-order valence-electron chi connectivity index (χ2n) is 9.24. The Balaban J connectivity index is 0.00000507. The fourth-order valence-electron chi connectivity index (χ4n) is 4.55. The molecule has 15 atom stereocenters. The molecule has 3 aliphatic rings. The average molecular weight is 602 g/mol. The SMILES string of the molecule is CC(=O)NC1C(OC2C(CO)OC(O)C(N)C2O)OC(CO)C(OC2OC(CO)C(O)C(O)C2N)C1O.[Mg+2].[OH-].[OH-]. The van der Waals surface area contributed by atoms with Gasteiger partial charge in [-0.05, 0) is 0 Å². The Morgan fingerprint density at radius 2 is 1.20 bits per heavy atom. The average Bonchev–Trinajstić information content (AvgIpc) is 2.87.